The van der Waals surface area contributed by atoms with Gasteiger partial charge >= 0.3 is 6.18 Å². The molecule has 0 aliphatic carbocycles. The third-order valence-electron chi connectivity index (χ3n) is 6.65. The van der Waals surface area contributed by atoms with E-state index in [-0.39, 0.29) is 35.1 Å². The summed E-state index contributed by atoms with van der Waals surface area (Å²) in [5.41, 5.74) is 1.42. The first-order valence-electron chi connectivity index (χ1n) is 12.1. The largest absolute Gasteiger partial charge is 0.419 e. The van der Waals surface area contributed by atoms with Crippen molar-refractivity contribution in [1.29, 1.82) is 0 Å². The van der Waals surface area contributed by atoms with Gasteiger partial charge in [-0.25, -0.2) is 15.0 Å². The summed E-state index contributed by atoms with van der Waals surface area (Å²) in [5.74, 6) is 0.378. The number of alkyl halides is 3. The lowest BCUT2D eigenvalue weighted by Gasteiger charge is -2.31. The van der Waals surface area contributed by atoms with Crippen LogP contribution in [-0.4, -0.2) is 69.1 Å². The lowest BCUT2D eigenvalue weighted by Crippen LogP contribution is -2.48. The number of anilines is 1. The Morgan fingerprint density at radius 2 is 1.97 bits per heavy atom. The van der Waals surface area contributed by atoms with Crippen LogP contribution in [-0.2, 0) is 11.0 Å². The number of halogens is 3. The number of aromatic amines is 1. The second-order valence-electron chi connectivity index (χ2n) is 9.61. The molecule has 1 aliphatic heterocycles. The van der Waals surface area contributed by atoms with Gasteiger partial charge in [-0.1, -0.05) is 5.16 Å². The molecule has 1 aliphatic rings. The molecule has 200 valence electrons. The van der Waals surface area contributed by atoms with Gasteiger partial charge in [0.1, 0.15) is 17.0 Å². The van der Waals surface area contributed by atoms with Crippen LogP contribution in [0.2, 0.25) is 0 Å². The van der Waals surface area contributed by atoms with Crippen LogP contribution in [0.3, 0.4) is 0 Å². The number of pyridine rings is 1. The van der Waals surface area contributed by atoms with Gasteiger partial charge in [0.15, 0.2) is 0 Å². The Kier molecular flexibility index (Phi) is 6.55. The van der Waals surface area contributed by atoms with Crippen molar-refractivity contribution < 1.29 is 22.5 Å². The van der Waals surface area contributed by atoms with Crippen LogP contribution in [0.25, 0.3) is 33.5 Å². The lowest BCUT2D eigenvalue weighted by atomic mass is 9.94. The van der Waals surface area contributed by atoms with Crippen LogP contribution in [0.1, 0.15) is 23.4 Å². The van der Waals surface area contributed by atoms with E-state index in [0.717, 1.165) is 11.8 Å². The molecule has 0 saturated carbocycles. The van der Waals surface area contributed by atoms with E-state index < -0.39 is 11.7 Å². The van der Waals surface area contributed by atoms with E-state index >= 15 is 0 Å². The van der Waals surface area contributed by atoms with Crippen molar-refractivity contribution in [2.24, 2.45) is 5.92 Å². The number of nitrogens with zero attached hydrogens (tertiary/aromatic N) is 5. The zero-order valence-electron chi connectivity index (χ0n) is 21.3. The quantitative estimate of drug-likeness (QED) is 0.357. The molecule has 10 nitrogen and oxygen atoms in total. The molecule has 3 N–H and O–H groups in total. The number of carbonyl (C=O) groups is 1. The summed E-state index contributed by atoms with van der Waals surface area (Å²) in [6.45, 7) is 4.63. The molecule has 0 spiro atoms. The van der Waals surface area contributed by atoms with Crippen LogP contribution in [0.5, 0.6) is 0 Å². The molecule has 4 aromatic rings. The number of hydrogen-bond donors (Lipinski definition) is 3. The highest BCUT2D eigenvalue weighted by molar-refractivity contribution is 5.94. The van der Waals surface area contributed by atoms with Crippen LogP contribution in [0.15, 0.2) is 29.0 Å². The maximum atomic E-state index is 14.0. The van der Waals surface area contributed by atoms with E-state index in [1.807, 2.05) is 0 Å². The lowest BCUT2D eigenvalue weighted by molar-refractivity contribution is -0.137. The second-order valence-corrected chi connectivity index (χ2v) is 9.61. The van der Waals surface area contributed by atoms with Gasteiger partial charge in [-0.15, -0.1) is 0 Å². The fourth-order valence-corrected chi connectivity index (χ4v) is 4.84. The summed E-state index contributed by atoms with van der Waals surface area (Å²) in [6.07, 6.45) is -1.92. The zero-order chi connectivity index (χ0) is 27.2. The molecule has 0 aromatic carbocycles. The van der Waals surface area contributed by atoms with Crippen molar-refractivity contribution >= 4 is 22.9 Å². The number of fused-ring (bicyclic) bond motifs is 1. The van der Waals surface area contributed by atoms with Gasteiger partial charge < -0.3 is 25.0 Å². The third kappa shape index (κ3) is 4.80. The molecule has 4 aromatic heterocycles. The molecule has 5 heterocycles. The molecular formula is C25H27F3N8O2. The fraction of sp³-hybridized carbons (Fsp3) is 0.400. The number of amides is 1. The topological polar surface area (TPSA) is 125 Å². The van der Waals surface area contributed by atoms with Crippen molar-refractivity contribution in [3.05, 3.63) is 41.5 Å². The van der Waals surface area contributed by atoms with Crippen LogP contribution >= 0.6 is 0 Å². The number of aromatic nitrogens is 5. The van der Waals surface area contributed by atoms with Gasteiger partial charge in [0.25, 0.3) is 0 Å². The number of aryl methyl sites for hydroxylation is 2. The van der Waals surface area contributed by atoms with Crippen molar-refractivity contribution in [1.82, 2.24) is 35.3 Å². The number of hydrogen-bond acceptors (Lipinski definition) is 8. The standard InChI is InChI=1S/C25H27F3N8O2/c1-12-20(13(2)38-35-12)19-6-5-16-17(10-30-22(16)33-19)21-18(25(26,27)28)11-31-24(34-21)32-15-7-14(8-29-9-15)23(37)36(3)4/h5-6,10-11,14-15,29H,7-9H2,1-4H3,(H,30,33)(H,31,32,34)/t14-,15+/m1/s1. The summed E-state index contributed by atoms with van der Waals surface area (Å²) in [6, 6.07) is 3.19. The number of piperidine rings is 1. The number of nitrogens with one attached hydrogen (secondary N) is 3. The Labute approximate surface area is 216 Å². The molecule has 0 unspecified atom stereocenters. The Bertz CT molecular complexity index is 1470. The molecule has 1 amide bonds. The Hall–Kier alpha value is -4.00. The van der Waals surface area contributed by atoms with Gasteiger partial charge in [0.05, 0.1) is 28.6 Å². The third-order valence-corrected chi connectivity index (χ3v) is 6.65. The van der Waals surface area contributed by atoms with Gasteiger partial charge in [-0.05, 0) is 32.4 Å². The van der Waals surface area contributed by atoms with Gasteiger partial charge in [-0.3, -0.25) is 4.79 Å². The molecular weight excluding hydrogens is 501 g/mol. The predicted octanol–water partition coefficient (Wildman–Crippen LogP) is 3.79. The van der Waals surface area contributed by atoms with Gasteiger partial charge in [0, 0.05) is 56.6 Å². The molecule has 2 atom stereocenters. The first-order chi connectivity index (χ1) is 18.0. The Morgan fingerprint density at radius 1 is 1.18 bits per heavy atom. The number of H-pyrrole nitrogens is 1. The maximum absolute atomic E-state index is 14.0. The average Bonchev–Trinajstić information content (AvgIpc) is 3.44. The van der Waals surface area contributed by atoms with Crippen molar-refractivity contribution in [2.45, 2.75) is 32.5 Å². The number of rotatable bonds is 5. The summed E-state index contributed by atoms with van der Waals surface area (Å²) in [4.78, 5) is 29.7. The minimum atomic E-state index is -4.67. The van der Waals surface area contributed by atoms with E-state index in [4.69, 9.17) is 4.52 Å². The van der Waals surface area contributed by atoms with Crippen LogP contribution in [0.4, 0.5) is 19.1 Å². The van der Waals surface area contributed by atoms with E-state index in [2.05, 4.69) is 35.7 Å². The summed E-state index contributed by atoms with van der Waals surface area (Å²) >= 11 is 0. The highest BCUT2D eigenvalue weighted by atomic mass is 19.4. The van der Waals surface area contributed by atoms with E-state index in [9.17, 15) is 18.0 Å². The molecule has 5 rings (SSSR count). The molecule has 13 heteroatoms. The van der Waals surface area contributed by atoms with Crippen molar-refractivity contribution in [3.8, 4) is 22.5 Å². The van der Waals surface area contributed by atoms with E-state index in [1.165, 1.54) is 11.1 Å². The Balaban J connectivity index is 1.50. The van der Waals surface area contributed by atoms with E-state index in [0.29, 0.717) is 47.7 Å². The highest BCUT2D eigenvalue weighted by Gasteiger charge is 2.36. The normalized spacial score (nSPS) is 18.1. The minimum absolute atomic E-state index is 0.0136. The first-order valence-corrected chi connectivity index (χ1v) is 12.1. The Morgan fingerprint density at radius 3 is 2.66 bits per heavy atom. The molecule has 1 saturated heterocycles. The van der Waals surface area contributed by atoms with Crippen LogP contribution < -0.4 is 10.6 Å². The predicted molar refractivity (Wildman–Crippen MR) is 134 cm³/mol. The van der Waals surface area contributed by atoms with Crippen LogP contribution in [0, 0.1) is 19.8 Å². The molecule has 0 radical (unpaired) electrons. The summed E-state index contributed by atoms with van der Waals surface area (Å²) in [7, 11) is 3.38. The number of carbonyl (C=O) groups excluding carboxylic acids is 1. The fourth-order valence-electron chi connectivity index (χ4n) is 4.84. The second kappa shape index (κ2) is 9.71. The maximum Gasteiger partial charge on any atom is 0.419 e. The van der Waals surface area contributed by atoms with E-state index in [1.54, 1.807) is 40.1 Å². The molecule has 1 fully saturated rings. The smallest absolute Gasteiger partial charge is 0.361 e. The first kappa shape index (κ1) is 25.6. The minimum Gasteiger partial charge on any atom is -0.361 e. The van der Waals surface area contributed by atoms with Crippen molar-refractivity contribution in [3.63, 3.8) is 0 Å². The van der Waals surface area contributed by atoms with Crippen molar-refractivity contribution in [2.75, 3.05) is 32.5 Å². The molecule has 38 heavy (non-hydrogen) atoms. The zero-order valence-corrected chi connectivity index (χ0v) is 21.3. The molecule has 0 bridgehead atoms. The summed E-state index contributed by atoms with van der Waals surface area (Å²) in [5, 5.41) is 10.7. The SMILES string of the molecule is Cc1noc(C)c1-c1ccc2c(-c3nc(N[C@@H]4CNC[C@H](C(=O)N(C)C)C4)ncc3C(F)(F)F)c[nH]c2n1. The summed E-state index contributed by atoms with van der Waals surface area (Å²) < 4.78 is 47.2. The van der Waals surface area contributed by atoms with Gasteiger partial charge in [-0.2, -0.15) is 13.2 Å². The van der Waals surface area contributed by atoms with Gasteiger partial charge in [0.2, 0.25) is 11.9 Å². The highest BCUT2D eigenvalue weighted by Crippen LogP contribution is 2.39. The monoisotopic (exact) mass is 528 g/mol. The average molecular weight is 529 g/mol.